The third kappa shape index (κ3) is 1.17. The molecule has 0 aromatic carbocycles. The van der Waals surface area contributed by atoms with Gasteiger partial charge in [-0.1, -0.05) is 15.9 Å². The summed E-state index contributed by atoms with van der Waals surface area (Å²) in [5.41, 5.74) is 2.49. The topological polar surface area (TPSA) is 37.3 Å². The molecular formula is C10H10BrN3. The zero-order valence-electron chi connectivity index (χ0n) is 7.52. The molecule has 0 spiro atoms. The number of hydrogen-bond acceptors (Lipinski definition) is 3. The van der Waals surface area contributed by atoms with Gasteiger partial charge in [-0.3, -0.25) is 9.98 Å². The lowest BCUT2D eigenvalue weighted by molar-refractivity contribution is 0.568. The first-order valence-corrected chi connectivity index (χ1v) is 5.64. The van der Waals surface area contributed by atoms with E-state index in [4.69, 9.17) is 0 Å². The molecule has 0 saturated carbocycles. The van der Waals surface area contributed by atoms with Crippen LogP contribution in [0.25, 0.3) is 0 Å². The van der Waals surface area contributed by atoms with Crippen molar-refractivity contribution in [1.29, 1.82) is 0 Å². The molecule has 2 aliphatic heterocycles. The van der Waals surface area contributed by atoms with Crippen LogP contribution in [0, 0.1) is 0 Å². The van der Waals surface area contributed by atoms with Crippen molar-refractivity contribution in [2.75, 3.05) is 5.32 Å². The van der Waals surface area contributed by atoms with Gasteiger partial charge in [-0.2, -0.15) is 0 Å². The fraction of sp³-hybridized carbons (Fsp3) is 0.400. The van der Waals surface area contributed by atoms with E-state index in [-0.39, 0.29) is 6.17 Å². The summed E-state index contributed by atoms with van der Waals surface area (Å²) in [6.07, 6.45) is 7.07. The van der Waals surface area contributed by atoms with Gasteiger partial charge in [0.2, 0.25) is 0 Å². The number of fused-ring (bicyclic) bond motifs is 3. The highest BCUT2D eigenvalue weighted by atomic mass is 79.9. The number of aromatic nitrogens is 1. The fourth-order valence-electron chi connectivity index (χ4n) is 2.15. The smallest absolute Gasteiger partial charge is 0.125 e. The lowest BCUT2D eigenvalue weighted by Gasteiger charge is -2.22. The molecule has 3 atom stereocenters. The van der Waals surface area contributed by atoms with Gasteiger partial charge in [-0.25, -0.2) is 0 Å². The van der Waals surface area contributed by atoms with E-state index < -0.39 is 0 Å². The van der Waals surface area contributed by atoms with Gasteiger partial charge in [0.15, 0.2) is 0 Å². The summed E-state index contributed by atoms with van der Waals surface area (Å²) in [6.45, 7) is 0. The summed E-state index contributed by atoms with van der Waals surface area (Å²) < 4.78 is 0. The van der Waals surface area contributed by atoms with Crippen molar-refractivity contribution in [3.8, 4) is 0 Å². The molecule has 0 radical (unpaired) electrons. The fourth-order valence-corrected chi connectivity index (χ4v) is 2.69. The number of nitrogens with zero attached hydrogens (tertiary/aromatic N) is 2. The minimum atomic E-state index is 0.225. The largest absolute Gasteiger partial charge is 0.363 e. The number of anilines is 1. The second-order valence-corrected chi connectivity index (χ2v) is 4.88. The monoisotopic (exact) mass is 251 g/mol. The van der Waals surface area contributed by atoms with Crippen LogP contribution in [0.4, 0.5) is 5.69 Å². The van der Waals surface area contributed by atoms with Gasteiger partial charge in [0.25, 0.3) is 0 Å². The molecular weight excluding hydrogens is 242 g/mol. The molecule has 1 aromatic heterocycles. The Labute approximate surface area is 90.8 Å². The van der Waals surface area contributed by atoms with Crippen molar-refractivity contribution in [2.45, 2.75) is 23.3 Å². The minimum absolute atomic E-state index is 0.225. The molecule has 1 aromatic rings. The molecule has 0 saturated heterocycles. The molecule has 3 unspecified atom stereocenters. The van der Waals surface area contributed by atoms with Crippen molar-refractivity contribution < 1.29 is 0 Å². The van der Waals surface area contributed by atoms with Gasteiger partial charge in [0.05, 0.1) is 4.83 Å². The van der Waals surface area contributed by atoms with E-state index in [2.05, 4.69) is 31.2 Å². The average molecular weight is 252 g/mol. The summed E-state index contributed by atoms with van der Waals surface area (Å²) in [5, 5.41) is 3.40. The molecule has 3 nitrogen and oxygen atoms in total. The van der Waals surface area contributed by atoms with E-state index in [0.29, 0.717) is 10.7 Å². The van der Waals surface area contributed by atoms with Crippen molar-refractivity contribution in [3.05, 3.63) is 24.0 Å². The predicted octanol–water partition coefficient (Wildman–Crippen LogP) is 2.15. The quantitative estimate of drug-likeness (QED) is 0.718. The molecule has 2 aliphatic rings. The lowest BCUT2D eigenvalue weighted by Crippen LogP contribution is -2.26. The van der Waals surface area contributed by atoms with E-state index in [1.165, 1.54) is 11.3 Å². The number of halogens is 1. The normalized spacial score (nSPS) is 33.4. The summed E-state index contributed by atoms with van der Waals surface area (Å²) in [6, 6.07) is 2.02. The van der Waals surface area contributed by atoms with Crippen LogP contribution in [0.2, 0.25) is 0 Å². The molecule has 1 N–H and O–H groups in total. The van der Waals surface area contributed by atoms with Crippen molar-refractivity contribution in [3.63, 3.8) is 0 Å². The molecule has 0 amide bonds. The van der Waals surface area contributed by atoms with E-state index in [1.807, 2.05) is 24.7 Å². The van der Waals surface area contributed by atoms with Crippen LogP contribution in [0.3, 0.4) is 0 Å². The number of pyridine rings is 1. The molecule has 3 heterocycles. The van der Waals surface area contributed by atoms with E-state index in [9.17, 15) is 0 Å². The average Bonchev–Trinajstić information content (AvgIpc) is 2.56. The zero-order valence-corrected chi connectivity index (χ0v) is 9.11. The molecule has 0 fully saturated rings. The van der Waals surface area contributed by atoms with Crippen molar-refractivity contribution >= 4 is 27.8 Å². The first-order chi connectivity index (χ1) is 6.84. The first-order valence-electron chi connectivity index (χ1n) is 4.72. The van der Waals surface area contributed by atoms with Gasteiger partial charge in [0, 0.05) is 35.8 Å². The van der Waals surface area contributed by atoms with Crippen LogP contribution in [0.5, 0.6) is 0 Å². The van der Waals surface area contributed by atoms with Crippen LogP contribution in [0.15, 0.2) is 23.5 Å². The molecule has 4 heteroatoms. The van der Waals surface area contributed by atoms with Crippen molar-refractivity contribution in [2.24, 2.45) is 4.99 Å². The second-order valence-electron chi connectivity index (χ2n) is 3.71. The molecule has 3 rings (SSSR count). The van der Waals surface area contributed by atoms with Crippen molar-refractivity contribution in [1.82, 2.24) is 4.98 Å². The second kappa shape index (κ2) is 3.05. The maximum absolute atomic E-state index is 4.48. The van der Waals surface area contributed by atoms with Crippen LogP contribution in [-0.4, -0.2) is 22.2 Å². The Bertz CT molecular complexity index is 391. The highest BCUT2D eigenvalue weighted by Crippen LogP contribution is 2.41. The lowest BCUT2D eigenvalue weighted by atomic mass is 9.94. The van der Waals surface area contributed by atoms with Gasteiger partial charge in [-0.05, 0) is 12.5 Å². The van der Waals surface area contributed by atoms with E-state index in [1.54, 1.807) is 0 Å². The number of nitrogens with one attached hydrogen (secondary N) is 1. The Morgan fingerprint density at radius 1 is 1.50 bits per heavy atom. The highest BCUT2D eigenvalue weighted by Gasteiger charge is 2.35. The summed E-state index contributed by atoms with van der Waals surface area (Å²) in [4.78, 5) is 9.04. The SMILES string of the molecule is BrC1C=NC2Nc3ccncc3C2C1. The third-order valence-corrected chi connectivity index (χ3v) is 3.43. The Morgan fingerprint density at radius 2 is 2.43 bits per heavy atom. The number of alkyl halides is 1. The molecule has 72 valence electrons. The predicted molar refractivity (Wildman–Crippen MR) is 60.2 cm³/mol. The van der Waals surface area contributed by atoms with Gasteiger partial charge in [0.1, 0.15) is 6.17 Å². The van der Waals surface area contributed by atoms with Gasteiger partial charge < -0.3 is 5.32 Å². The Kier molecular flexibility index (Phi) is 1.83. The van der Waals surface area contributed by atoms with E-state index >= 15 is 0 Å². The van der Waals surface area contributed by atoms with Gasteiger partial charge >= 0.3 is 0 Å². The number of rotatable bonds is 0. The standard InChI is InChI=1S/C10H10BrN3/c11-6-3-7-8-5-12-2-1-9(8)14-10(7)13-4-6/h1-2,4-7,10,14H,3H2. The Balaban J connectivity index is 2.03. The van der Waals surface area contributed by atoms with Gasteiger partial charge in [-0.15, -0.1) is 0 Å². The maximum atomic E-state index is 4.48. The number of hydrogen-bond donors (Lipinski definition) is 1. The minimum Gasteiger partial charge on any atom is -0.363 e. The van der Waals surface area contributed by atoms with Crippen LogP contribution in [0.1, 0.15) is 17.9 Å². The maximum Gasteiger partial charge on any atom is 0.125 e. The zero-order chi connectivity index (χ0) is 9.54. The third-order valence-electron chi connectivity index (χ3n) is 2.82. The van der Waals surface area contributed by atoms with E-state index in [0.717, 1.165) is 6.42 Å². The molecule has 14 heavy (non-hydrogen) atoms. The molecule has 0 bridgehead atoms. The van der Waals surface area contributed by atoms with Crippen LogP contribution in [-0.2, 0) is 0 Å². The highest BCUT2D eigenvalue weighted by molar-refractivity contribution is 9.09. The van der Waals surface area contributed by atoms with Crippen LogP contribution < -0.4 is 5.32 Å². The first kappa shape index (κ1) is 8.41. The number of aliphatic imine (C=N–C) groups is 1. The molecule has 0 aliphatic carbocycles. The summed E-state index contributed by atoms with van der Waals surface area (Å²) >= 11 is 3.58. The Hall–Kier alpha value is -0.900. The Morgan fingerprint density at radius 3 is 3.36 bits per heavy atom. The summed E-state index contributed by atoms with van der Waals surface area (Å²) in [7, 11) is 0. The summed E-state index contributed by atoms with van der Waals surface area (Å²) in [5.74, 6) is 0.480. The van der Waals surface area contributed by atoms with Crippen LogP contribution >= 0.6 is 15.9 Å².